The average Bonchev–Trinajstić information content (AvgIpc) is 3.08. The van der Waals surface area contributed by atoms with Crippen molar-refractivity contribution in [1.82, 2.24) is 0 Å². The molecule has 0 aromatic heterocycles. The molecule has 136 valence electrons. The molecule has 1 atom stereocenters. The summed E-state index contributed by atoms with van der Waals surface area (Å²) in [6.07, 6.45) is 6.07. The van der Waals surface area contributed by atoms with E-state index in [0.29, 0.717) is 24.5 Å². The predicted molar refractivity (Wildman–Crippen MR) is 95.5 cm³/mol. The SMILES string of the molecule is CC(C)c1cc(CCC2(C3CCCC3)CC(=O)CC(=O)O2)ccc1O. The van der Waals surface area contributed by atoms with Crippen LogP contribution in [0.15, 0.2) is 18.2 Å². The van der Waals surface area contributed by atoms with Crippen LogP contribution in [0.4, 0.5) is 0 Å². The third kappa shape index (κ3) is 3.88. The Morgan fingerprint density at radius 1 is 1.24 bits per heavy atom. The van der Waals surface area contributed by atoms with E-state index in [1.807, 2.05) is 12.1 Å². The normalized spacial score (nSPS) is 24.8. The van der Waals surface area contributed by atoms with Crippen LogP contribution in [0.25, 0.3) is 0 Å². The first kappa shape index (κ1) is 18.0. The number of benzene rings is 1. The summed E-state index contributed by atoms with van der Waals surface area (Å²) in [6.45, 7) is 4.11. The molecule has 1 unspecified atom stereocenters. The second-order valence-electron chi connectivity index (χ2n) is 7.96. The summed E-state index contributed by atoms with van der Waals surface area (Å²) >= 11 is 0. The fraction of sp³-hybridized carbons (Fsp3) is 0.619. The Bertz CT molecular complexity index is 640. The van der Waals surface area contributed by atoms with Crippen molar-refractivity contribution < 1.29 is 19.4 Å². The van der Waals surface area contributed by atoms with Gasteiger partial charge in [-0.1, -0.05) is 38.8 Å². The first-order chi connectivity index (χ1) is 11.9. The summed E-state index contributed by atoms with van der Waals surface area (Å²) < 4.78 is 5.84. The summed E-state index contributed by atoms with van der Waals surface area (Å²) in [5.74, 6) is 0.511. The van der Waals surface area contributed by atoms with E-state index >= 15 is 0 Å². The quantitative estimate of drug-likeness (QED) is 0.639. The maximum Gasteiger partial charge on any atom is 0.313 e. The minimum atomic E-state index is -0.626. The van der Waals surface area contributed by atoms with Gasteiger partial charge in [-0.15, -0.1) is 0 Å². The Morgan fingerprint density at radius 3 is 2.60 bits per heavy atom. The van der Waals surface area contributed by atoms with Gasteiger partial charge in [0.15, 0.2) is 0 Å². The molecule has 1 heterocycles. The van der Waals surface area contributed by atoms with E-state index in [9.17, 15) is 14.7 Å². The van der Waals surface area contributed by atoms with Crippen LogP contribution < -0.4 is 0 Å². The molecule has 1 aromatic rings. The maximum absolute atomic E-state index is 12.1. The van der Waals surface area contributed by atoms with Crippen LogP contribution in [0.3, 0.4) is 0 Å². The molecule has 3 rings (SSSR count). The number of cyclic esters (lactones) is 1. The Labute approximate surface area is 149 Å². The molecule has 4 heteroatoms. The van der Waals surface area contributed by atoms with Crippen molar-refractivity contribution in [1.29, 1.82) is 0 Å². The van der Waals surface area contributed by atoms with Crippen LogP contribution in [0.2, 0.25) is 0 Å². The number of ketones is 1. The monoisotopic (exact) mass is 344 g/mol. The number of aromatic hydroxyl groups is 1. The third-order valence-electron chi connectivity index (χ3n) is 5.80. The van der Waals surface area contributed by atoms with E-state index in [1.165, 1.54) is 0 Å². The van der Waals surface area contributed by atoms with Crippen LogP contribution in [-0.2, 0) is 20.7 Å². The van der Waals surface area contributed by atoms with Gasteiger partial charge in [-0.25, -0.2) is 0 Å². The molecular weight excluding hydrogens is 316 g/mol. The van der Waals surface area contributed by atoms with E-state index in [4.69, 9.17) is 4.74 Å². The van der Waals surface area contributed by atoms with Crippen LogP contribution in [-0.4, -0.2) is 22.5 Å². The number of phenols is 1. The molecule has 4 nitrogen and oxygen atoms in total. The molecule has 1 N–H and O–H groups in total. The average molecular weight is 344 g/mol. The first-order valence-corrected chi connectivity index (χ1v) is 9.45. The van der Waals surface area contributed by atoms with Crippen molar-refractivity contribution in [2.24, 2.45) is 5.92 Å². The lowest BCUT2D eigenvalue weighted by Crippen LogP contribution is -2.48. The number of rotatable bonds is 5. The standard InChI is InChI=1S/C21H28O4/c1-14(2)18-11-15(7-8-19(18)23)9-10-21(16-5-3-4-6-16)13-17(22)12-20(24)25-21/h7-8,11,14,16,23H,3-6,9-10,12-13H2,1-2H3. The highest BCUT2D eigenvalue weighted by Gasteiger charge is 2.47. The molecule has 1 saturated heterocycles. The zero-order valence-corrected chi connectivity index (χ0v) is 15.2. The number of Topliss-reactive ketones (excluding diaryl/α,β-unsaturated/α-hetero) is 1. The minimum Gasteiger partial charge on any atom is -0.508 e. The molecule has 0 spiro atoms. The minimum absolute atomic E-state index is 0.0109. The molecule has 2 aliphatic rings. The Balaban J connectivity index is 1.80. The largest absolute Gasteiger partial charge is 0.508 e. The van der Waals surface area contributed by atoms with E-state index in [-0.39, 0.29) is 24.1 Å². The van der Waals surface area contributed by atoms with Gasteiger partial charge in [-0.2, -0.15) is 0 Å². The second kappa shape index (κ2) is 7.19. The van der Waals surface area contributed by atoms with Gasteiger partial charge in [0.2, 0.25) is 0 Å². The van der Waals surface area contributed by atoms with E-state index in [2.05, 4.69) is 13.8 Å². The fourth-order valence-corrected chi connectivity index (χ4v) is 4.46. The third-order valence-corrected chi connectivity index (χ3v) is 5.80. The summed E-state index contributed by atoms with van der Waals surface area (Å²) in [5.41, 5.74) is 1.43. The van der Waals surface area contributed by atoms with Gasteiger partial charge in [-0.3, -0.25) is 9.59 Å². The lowest BCUT2D eigenvalue weighted by Gasteiger charge is -2.41. The molecule has 0 bridgehead atoms. The first-order valence-electron chi connectivity index (χ1n) is 9.45. The molecule has 1 saturated carbocycles. The molecule has 2 fully saturated rings. The Kier molecular flexibility index (Phi) is 5.16. The smallest absolute Gasteiger partial charge is 0.313 e. The number of phenolic OH excluding ortho intramolecular Hbond substituents is 1. The van der Waals surface area contributed by atoms with E-state index < -0.39 is 5.60 Å². The van der Waals surface area contributed by atoms with Crippen molar-refractivity contribution >= 4 is 11.8 Å². The van der Waals surface area contributed by atoms with Crippen molar-refractivity contribution in [3.05, 3.63) is 29.3 Å². The van der Waals surface area contributed by atoms with Crippen LogP contribution in [0.5, 0.6) is 5.75 Å². The zero-order valence-electron chi connectivity index (χ0n) is 15.2. The van der Waals surface area contributed by atoms with Gasteiger partial charge in [0.25, 0.3) is 0 Å². The Hall–Kier alpha value is -1.84. The molecule has 0 amide bonds. The molecule has 25 heavy (non-hydrogen) atoms. The lowest BCUT2D eigenvalue weighted by molar-refractivity contribution is -0.178. The highest BCUT2D eigenvalue weighted by Crippen LogP contribution is 2.44. The number of carbonyl (C=O) groups is 2. The van der Waals surface area contributed by atoms with Gasteiger partial charge < -0.3 is 9.84 Å². The van der Waals surface area contributed by atoms with Crippen molar-refractivity contribution in [3.8, 4) is 5.75 Å². The van der Waals surface area contributed by atoms with Crippen LogP contribution in [0, 0.1) is 5.92 Å². The zero-order chi connectivity index (χ0) is 18.0. The van der Waals surface area contributed by atoms with Gasteiger partial charge >= 0.3 is 5.97 Å². The number of hydrogen-bond acceptors (Lipinski definition) is 4. The maximum atomic E-state index is 12.1. The van der Waals surface area contributed by atoms with E-state index in [0.717, 1.165) is 43.2 Å². The van der Waals surface area contributed by atoms with Gasteiger partial charge in [0, 0.05) is 6.42 Å². The second-order valence-corrected chi connectivity index (χ2v) is 7.96. The molecule has 0 radical (unpaired) electrons. The van der Waals surface area contributed by atoms with Crippen LogP contribution >= 0.6 is 0 Å². The number of carbonyl (C=O) groups excluding carboxylic acids is 2. The van der Waals surface area contributed by atoms with Gasteiger partial charge in [-0.05, 0) is 54.7 Å². The summed E-state index contributed by atoms with van der Waals surface area (Å²) in [4.78, 5) is 24.1. The summed E-state index contributed by atoms with van der Waals surface area (Å²) in [6, 6.07) is 5.70. The highest BCUT2D eigenvalue weighted by molar-refractivity contribution is 5.98. The topological polar surface area (TPSA) is 63.6 Å². The fourth-order valence-electron chi connectivity index (χ4n) is 4.46. The molecule has 1 aromatic carbocycles. The van der Waals surface area contributed by atoms with Crippen molar-refractivity contribution in [2.75, 3.05) is 0 Å². The number of ether oxygens (including phenoxy) is 1. The van der Waals surface area contributed by atoms with Gasteiger partial charge in [0.1, 0.15) is 23.6 Å². The summed E-state index contributed by atoms with van der Waals surface area (Å²) in [5, 5.41) is 10.0. The Morgan fingerprint density at radius 2 is 1.96 bits per heavy atom. The van der Waals surface area contributed by atoms with Crippen molar-refractivity contribution in [3.63, 3.8) is 0 Å². The lowest BCUT2D eigenvalue weighted by atomic mass is 9.76. The number of hydrogen-bond donors (Lipinski definition) is 1. The molecule has 1 aliphatic carbocycles. The predicted octanol–water partition coefficient (Wildman–Crippen LogP) is 4.28. The number of aryl methyl sites for hydroxylation is 1. The summed E-state index contributed by atoms with van der Waals surface area (Å²) in [7, 11) is 0. The highest BCUT2D eigenvalue weighted by atomic mass is 16.6. The number of esters is 1. The molecule has 1 aliphatic heterocycles. The molecular formula is C21H28O4. The van der Waals surface area contributed by atoms with E-state index in [1.54, 1.807) is 6.07 Å². The van der Waals surface area contributed by atoms with Crippen molar-refractivity contribution in [2.45, 2.75) is 76.7 Å². The van der Waals surface area contributed by atoms with Crippen LogP contribution in [0.1, 0.15) is 75.8 Å². The van der Waals surface area contributed by atoms with Gasteiger partial charge in [0.05, 0.1) is 0 Å².